The van der Waals surface area contributed by atoms with Crippen molar-refractivity contribution in [1.29, 1.82) is 0 Å². The predicted molar refractivity (Wildman–Crippen MR) is 247 cm³/mol. The van der Waals surface area contributed by atoms with Gasteiger partial charge in [-0.1, -0.05) is 247 Å². The number of unbranched alkanes of at least 4 members (excludes halogenated alkanes) is 31. The van der Waals surface area contributed by atoms with E-state index in [1.807, 2.05) is 0 Å². The summed E-state index contributed by atoms with van der Waals surface area (Å²) in [6.45, 7) is 11.3. The molecule has 0 saturated heterocycles. The van der Waals surface area contributed by atoms with E-state index in [0.29, 0.717) is 19.3 Å². The molecule has 0 aromatic heterocycles. The Morgan fingerprint density at radius 2 is 0.569 bits per heavy atom. The van der Waals surface area contributed by atoms with Gasteiger partial charge in [-0.2, -0.15) is 0 Å². The lowest BCUT2D eigenvalue weighted by molar-refractivity contribution is -0.167. The summed E-state index contributed by atoms with van der Waals surface area (Å²) in [5, 5.41) is 0. The third kappa shape index (κ3) is 45.5. The molecule has 0 heterocycles. The normalized spacial score (nSPS) is 12.1. The van der Waals surface area contributed by atoms with Gasteiger partial charge in [0, 0.05) is 19.3 Å². The van der Waals surface area contributed by atoms with Crippen molar-refractivity contribution in [2.24, 2.45) is 11.8 Å². The van der Waals surface area contributed by atoms with Gasteiger partial charge in [-0.05, 0) is 31.1 Å². The molecule has 6 nitrogen and oxygen atoms in total. The van der Waals surface area contributed by atoms with Gasteiger partial charge in [0.25, 0.3) is 0 Å². The smallest absolute Gasteiger partial charge is 0.306 e. The van der Waals surface area contributed by atoms with Crippen LogP contribution in [-0.2, 0) is 28.6 Å². The van der Waals surface area contributed by atoms with Crippen LogP contribution in [0.1, 0.15) is 285 Å². The molecule has 0 aliphatic rings. The first-order valence-electron chi connectivity index (χ1n) is 25.7. The van der Waals surface area contributed by atoms with Crippen molar-refractivity contribution < 1.29 is 28.6 Å². The van der Waals surface area contributed by atoms with Crippen LogP contribution in [0.3, 0.4) is 0 Å². The quantitative estimate of drug-likeness (QED) is 0.0346. The SMILES string of the molecule is CCCCCCCCCCCCCCCCC(=O)O[C@H](COC(=O)CCCCCCCCCCCCCCC(C)C)COC(=O)CCCCCCCCCCC(C)C. The van der Waals surface area contributed by atoms with Crippen molar-refractivity contribution in [3.63, 3.8) is 0 Å². The Balaban J connectivity index is 4.31. The van der Waals surface area contributed by atoms with Crippen LogP contribution in [0.5, 0.6) is 0 Å². The second-order valence-corrected chi connectivity index (χ2v) is 18.8. The molecule has 0 rings (SSSR count). The number of ether oxygens (including phenoxy) is 3. The highest BCUT2D eigenvalue weighted by atomic mass is 16.6. The Kier molecular flexibility index (Phi) is 43.7. The van der Waals surface area contributed by atoms with Crippen LogP contribution in [0.15, 0.2) is 0 Å². The largest absolute Gasteiger partial charge is 0.462 e. The molecule has 0 amide bonds. The topological polar surface area (TPSA) is 78.9 Å². The lowest BCUT2D eigenvalue weighted by Gasteiger charge is -2.18. The van der Waals surface area contributed by atoms with Crippen LogP contribution < -0.4 is 0 Å². The summed E-state index contributed by atoms with van der Waals surface area (Å²) in [6.07, 6.45) is 45.2. The Labute approximate surface area is 361 Å². The van der Waals surface area contributed by atoms with Crippen molar-refractivity contribution in [2.45, 2.75) is 291 Å². The lowest BCUT2D eigenvalue weighted by atomic mass is 10.0. The highest BCUT2D eigenvalue weighted by Gasteiger charge is 2.19. The molecule has 0 saturated carbocycles. The molecule has 0 bridgehead atoms. The van der Waals surface area contributed by atoms with Crippen molar-refractivity contribution >= 4 is 17.9 Å². The monoisotopic (exact) mass is 821 g/mol. The predicted octanol–water partition coefficient (Wildman–Crippen LogP) is 16.5. The van der Waals surface area contributed by atoms with Gasteiger partial charge in [-0.15, -0.1) is 0 Å². The number of carbonyl (C=O) groups excluding carboxylic acids is 3. The summed E-state index contributed by atoms with van der Waals surface area (Å²) in [7, 11) is 0. The van der Waals surface area contributed by atoms with Gasteiger partial charge < -0.3 is 14.2 Å². The van der Waals surface area contributed by atoms with E-state index in [0.717, 1.165) is 69.6 Å². The molecule has 0 aromatic rings. The minimum Gasteiger partial charge on any atom is -0.462 e. The number of carbonyl (C=O) groups is 3. The zero-order valence-corrected chi connectivity index (χ0v) is 39.7. The van der Waals surface area contributed by atoms with E-state index in [-0.39, 0.29) is 31.1 Å². The minimum absolute atomic E-state index is 0.0640. The summed E-state index contributed by atoms with van der Waals surface area (Å²) in [4.78, 5) is 37.9. The van der Waals surface area contributed by atoms with Gasteiger partial charge in [-0.25, -0.2) is 0 Å². The second kappa shape index (κ2) is 44.9. The van der Waals surface area contributed by atoms with Gasteiger partial charge in [0.1, 0.15) is 13.2 Å². The van der Waals surface area contributed by atoms with Crippen LogP contribution in [0, 0.1) is 11.8 Å². The molecule has 0 spiro atoms. The summed E-state index contributed by atoms with van der Waals surface area (Å²) in [5.41, 5.74) is 0. The molecular weight excluding hydrogens is 721 g/mol. The van der Waals surface area contributed by atoms with E-state index in [4.69, 9.17) is 14.2 Å². The van der Waals surface area contributed by atoms with Crippen molar-refractivity contribution in [3.05, 3.63) is 0 Å². The van der Waals surface area contributed by atoms with Crippen LogP contribution in [0.4, 0.5) is 0 Å². The molecule has 0 aliphatic heterocycles. The third-order valence-corrected chi connectivity index (χ3v) is 11.7. The minimum atomic E-state index is -0.761. The molecule has 344 valence electrons. The maximum Gasteiger partial charge on any atom is 0.306 e. The number of hydrogen-bond acceptors (Lipinski definition) is 6. The fourth-order valence-electron chi connectivity index (χ4n) is 7.81. The molecule has 1 atom stereocenters. The lowest BCUT2D eigenvalue weighted by Crippen LogP contribution is -2.30. The Morgan fingerprint density at radius 3 is 0.845 bits per heavy atom. The van der Waals surface area contributed by atoms with Crippen LogP contribution in [0.2, 0.25) is 0 Å². The zero-order chi connectivity index (χ0) is 42.6. The van der Waals surface area contributed by atoms with E-state index in [9.17, 15) is 14.4 Å². The van der Waals surface area contributed by atoms with E-state index >= 15 is 0 Å². The maximum atomic E-state index is 12.8. The molecule has 58 heavy (non-hydrogen) atoms. The first-order valence-corrected chi connectivity index (χ1v) is 25.7. The Morgan fingerprint density at radius 1 is 0.328 bits per heavy atom. The molecule has 0 fully saturated rings. The van der Waals surface area contributed by atoms with Crippen molar-refractivity contribution in [1.82, 2.24) is 0 Å². The molecular formula is C52H100O6. The summed E-state index contributed by atoms with van der Waals surface area (Å²) >= 11 is 0. The molecule has 0 aromatic carbocycles. The molecule has 0 unspecified atom stereocenters. The van der Waals surface area contributed by atoms with Gasteiger partial charge in [-0.3, -0.25) is 14.4 Å². The average Bonchev–Trinajstić information content (AvgIpc) is 3.19. The molecule has 0 radical (unpaired) electrons. The standard InChI is InChI=1S/C52H100O6/c1-6-7-8-9-10-11-12-13-14-19-22-29-34-39-44-52(55)58-49(46-57-51(54)43-38-33-28-24-23-26-31-36-41-48(4)5)45-56-50(53)42-37-32-27-21-18-16-15-17-20-25-30-35-40-47(2)3/h47-49H,6-46H2,1-5H3/t49-/m1/s1. The molecule has 6 heteroatoms. The van der Waals surface area contributed by atoms with Crippen molar-refractivity contribution in [2.75, 3.05) is 13.2 Å². The van der Waals surface area contributed by atoms with E-state index in [1.54, 1.807) is 0 Å². The zero-order valence-electron chi connectivity index (χ0n) is 39.7. The fraction of sp³-hybridized carbons (Fsp3) is 0.942. The van der Waals surface area contributed by atoms with Crippen LogP contribution in [-0.4, -0.2) is 37.2 Å². The number of rotatable bonds is 46. The summed E-state index contributed by atoms with van der Waals surface area (Å²) < 4.78 is 16.8. The second-order valence-electron chi connectivity index (χ2n) is 18.8. The Hall–Kier alpha value is -1.59. The van der Waals surface area contributed by atoms with E-state index in [2.05, 4.69) is 34.6 Å². The van der Waals surface area contributed by atoms with Gasteiger partial charge in [0.2, 0.25) is 0 Å². The van der Waals surface area contributed by atoms with Crippen molar-refractivity contribution in [3.8, 4) is 0 Å². The fourth-order valence-corrected chi connectivity index (χ4v) is 7.81. The summed E-state index contributed by atoms with van der Waals surface area (Å²) in [5.74, 6) is 0.781. The summed E-state index contributed by atoms with van der Waals surface area (Å²) in [6, 6.07) is 0. The number of hydrogen-bond donors (Lipinski definition) is 0. The molecule has 0 N–H and O–H groups in total. The highest BCUT2D eigenvalue weighted by molar-refractivity contribution is 5.71. The first kappa shape index (κ1) is 56.4. The third-order valence-electron chi connectivity index (χ3n) is 11.7. The van der Waals surface area contributed by atoms with Crippen LogP contribution in [0.25, 0.3) is 0 Å². The maximum absolute atomic E-state index is 12.8. The van der Waals surface area contributed by atoms with Gasteiger partial charge in [0.05, 0.1) is 0 Å². The molecule has 0 aliphatic carbocycles. The number of esters is 3. The van der Waals surface area contributed by atoms with Gasteiger partial charge >= 0.3 is 17.9 Å². The van der Waals surface area contributed by atoms with Crippen LogP contribution >= 0.6 is 0 Å². The highest BCUT2D eigenvalue weighted by Crippen LogP contribution is 2.17. The van der Waals surface area contributed by atoms with E-state index < -0.39 is 6.10 Å². The first-order chi connectivity index (χ1) is 28.2. The Bertz CT molecular complexity index is 885. The van der Waals surface area contributed by atoms with Gasteiger partial charge in [0.15, 0.2) is 6.10 Å². The van der Waals surface area contributed by atoms with E-state index in [1.165, 1.54) is 173 Å². The average molecular weight is 821 g/mol.